The summed E-state index contributed by atoms with van der Waals surface area (Å²) < 4.78 is 5.64. The van der Waals surface area contributed by atoms with Crippen LogP contribution in [0.4, 0.5) is 0 Å². The molecule has 0 bridgehead atoms. The molecule has 1 heterocycles. The molecule has 0 fully saturated rings. The first-order valence-corrected chi connectivity index (χ1v) is 6.19. The summed E-state index contributed by atoms with van der Waals surface area (Å²) >= 11 is 1.68. The van der Waals surface area contributed by atoms with Crippen molar-refractivity contribution in [2.45, 2.75) is 11.5 Å². The summed E-state index contributed by atoms with van der Waals surface area (Å²) in [5.41, 5.74) is 1.15. The van der Waals surface area contributed by atoms with E-state index in [0.29, 0.717) is 6.61 Å². The molecular weight excluding hydrogens is 218 g/mol. The fourth-order valence-electron chi connectivity index (χ4n) is 1.33. The quantitative estimate of drug-likeness (QED) is 0.753. The maximum absolute atomic E-state index is 5.64. The number of aromatic nitrogens is 1. The van der Waals surface area contributed by atoms with E-state index in [9.17, 15) is 0 Å². The van der Waals surface area contributed by atoms with Gasteiger partial charge < -0.3 is 4.74 Å². The Labute approximate surface area is 99.7 Å². The Morgan fingerprint density at radius 1 is 1.38 bits per heavy atom. The van der Waals surface area contributed by atoms with Crippen molar-refractivity contribution in [3.8, 4) is 5.75 Å². The van der Waals surface area contributed by atoms with Crippen LogP contribution in [0.2, 0.25) is 0 Å². The van der Waals surface area contributed by atoms with E-state index in [4.69, 9.17) is 4.74 Å². The maximum atomic E-state index is 5.64. The smallest absolute Gasteiger partial charge is 0.127 e. The molecule has 0 aliphatic carbocycles. The average Bonchev–Trinajstić information content (AvgIpc) is 2.38. The highest BCUT2D eigenvalue weighted by atomic mass is 32.2. The van der Waals surface area contributed by atoms with E-state index in [-0.39, 0.29) is 0 Å². The largest absolute Gasteiger partial charge is 0.488 e. The SMILES string of the molecule is CSc1cnccc1COc1[c]cccc1. The number of para-hydroxylation sites is 1. The lowest BCUT2D eigenvalue weighted by molar-refractivity contribution is 0.302. The van der Waals surface area contributed by atoms with Crippen molar-refractivity contribution in [1.29, 1.82) is 0 Å². The molecule has 0 atom stereocenters. The van der Waals surface area contributed by atoms with Crippen molar-refractivity contribution < 1.29 is 4.74 Å². The van der Waals surface area contributed by atoms with E-state index in [1.807, 2.05) is 42.8 Å². The Kier molecular flexibility index (Phi) is 3.83. The van der Waals surface area contributed by atoms with Gasteiger partial charge in [-0.15, -0.1) is 11.8 Å². The minimum absolute atomic E-state index is 0.555. The second kappa shape index (κ2) is 5.56. The van der Waals surface area contributed by atoms with Crippen LogP contribution >= 0.6 is 11.8 Å². The molecule has 3 heteroatoms. The van der Waals surface area contributed by atoms with E-state index < -0.39 is 0 Å². The molecule has 2 nitrogen and oxygen atoms in total. The van der Waals surface area contributed by atoms with Crippen LogP contribution in [-0.2, 0) is 6.61 Å². The zero-order valence-corrected chi connectivity index (χ0v) is 9.83. The van der Waals surface area contributed by atoms with Crippen molar-refractivity contribution in [2.75, 3.05) is 6.26 Å². The molecular formula is C13H12NOS. The second-order valence-electron chi connectivity index (χ2n) is 3.20. The summed E-state index contributed by atoms with van der Waals surface area (Å²) in [6.07, 6.45) is 5.68. The van der Waals surface area contributed by atoms with E-state index in [2.05, 4.69) is 11.1 Å². The molecule has 0 unspecified atom stereocenters. The van der Waals surface area contributed by atoms with Gasteiger partial charge in [-0.2, -0.15) is 0 Å². The van der Waals surface area contributed by atoms with Crippen LogP contribution in [0, 0.1) is 6.07 Å². The molecule has 16 heavy (non-hydrogen) atoms. The second-order valence-corrected chi connectivity index (χ2v) is 4.05. The number of benzene rings is 1. The van der Waals surface area contributed by atoms with Gasteiger partial charge in [0.1, 0.15) is 12.4 Å². The standard InChI is InChI=1S/C13H12NOS/c1-16-13-9-14-8-7-11(13)10-15-12-5-3-2-4-6-12/h2-5,7-9H,10H2,1H3. The van der Waals surface area contributed by atoms with Gasteiger partial charge in [-0.25, -0.2) is 0 Å². The third kappa shape index (κ3) is 2.76. The van der Waals surface area contributed by atoms with Gasteiger partial charge in [-0.1, -0.05) is 18.2 Å². The Balaban J connectivity index is 2.05. The summed E-state index contributed by atoms with van der Waals surface area (Å²) in [4.78, 5) is 5.24. The lowest BCUT2D eigenvalue weighted by Crippen LogP contribution is -1.97. The van der Waals surface area contributed by atoms with Gasteiger partial charge in [0.25, 0.3) is 0 Å². The highest BCUT2D eigenvalue weighted by Gasteiger charge is 2.01. The predicted molar refractivity (Wildman–Crippen MR) is 65.6 cm³/mol. The van der Waals surface area contributed by atoms with Gasteiger partial charge in [-0.05, 0) is 18.4 Å². The van der Waals surface area contributed by atoms with Gasteiger partial charge in [0, 0.05) is 28.9 Å². The summed E-state index contributed by atoms with van der Waals surface area (Å²) in [6.45, 7) is 0.555. The van der Waals surface area contributed by atoms with Crippen LogP contribution in [0.15, 0.2) is 47.6 Å². The molecule has 2 rings (SSSR count). The fourth-order valence-corrected chi connectivity index (χ4v) is 1.89. The van der Waals surface area contributed by atoms with Crippen LogP contribution in [0.3, 0.4) is 0 Å². The van der Waals surface area contributed by atoms with Crippen molar-refractivity contribution in [3.63, 3.8) is 0 Å². The van der Waals surface area contributed by atoms with E-state index in [0.717, 1.165) is 16.2 Å². The van der Waals surface area contributed by atoms with Crippen LogP contribution < -0.4 is 4.74 Å². The number of hydrogen-bond acceptors (Lipinski definition) is 3. The van der Waals surface area contributed by atoms with Gasteiger partial charge >= 0.3 is 0 Å². The number of hydrogen-bond donors (Lipinski definition) is 0. The monoisotopic (exact) mass is 230 g/mol. The minimum atomic E-state index is 0.555. The molecule has 0 amide bonds. The zero-order valence-electron chi connectivity index (χ0n) is 9.01. The lowest BCUT2D eigenvalue weighted by atomic mass is 10.3. The molecule has 0 spiro atoms. The Morgan fingerprint density at radius 3 is 3.06 bits per heavy atom. The van der Waals surface area contributed by atoms with E-state index >= 15 is 0 Å². The molecule has 0 aliphatic rings. The van der Waals surface area contributed by atoms with Gasteiger partial charge in [0.2, 0.25) is 0 Å². The Bertz CT molecular complexity index is 445. The van der Waals surface area contributed by atoms with Crippen LogP contribution in [-0.4, -0.2) is 11.2 Å². The number of ether oxygens (including phenoxy) is 1. The highest BCUT2D eigenvalue weighted by molar-refractivity contribution is 7.98. The normalized spacial score (nSPS) is 10.1. The molecule has 0 saturated heterocycles. The summed E-state index contributed by atoms with van der Waals surface area (Å²) in [6, 6.07) is 12.6. The Morgan fingerprint density at radius 2 is 2.31 bits per heavy atom. The van der Waals surface area contributed by atoms with Crippen LogP contribution in [0.5, 0.6) is 5.75 Å². The topological polar surface area (TPSA) is 22.1 Å². The molecule has 2 aromatic rings. The third-order valence-electron chi connectivity index (χ3n) is 2.15. The highest BCUT2D eigenvalue weighted by Crippen LogP contribution is 2.20. The zero-order chi connectivity index (χ0) is 11.2. The van der Waals surface area contributed by atoms with Crippen molar-refractivity contribution in [1.82, 2.24) is 4.98 Å². The number of pyridine rings is 1. The number of rotatable bonds is 4. The van der Waals surface area contributed by atoms with E-state index in [1.54, 1.807) is 18.0 Å². The summed E-state index contributed by atoms with van der Waals surface area (Å²) in [5, 5.41) is 0. The first-order valence-electron chi connectivity index (χ1n) is 4.96. The molecule has 0 N–H and O–H groups in total. The molecule has 81 valence electrons. The van der Waals surface area contributed by atoms with Gasteiger partial charge in [0.15, 0.2) is 0 Å². The molecule has 1 radical (unpaired) electrons. The third-order valence-corrected chi connectivity index (χ3v) is 2.96. The van der Waals surface area contributed by atoms with Crippen LogP contribution in [0.25, 0.3) is 0 Å². The van der Waals surface area contributed by atoms with Crippen molar-refractivity contribution in [3.05, 3.63) is 54.4 Å². The first kappa shape index (κ1) is 11.0. The molecule has 0 aliphatic heterocycles. The van der Waals surface area contributed by atoms with Crippen LogP contribution in [0.1, 0.15) is 5.56 Å². The predicted octanol–water partition coefficient (Wildman–Crippen LogP) is 3.18. The van der Waals surface area contributed by atoms with Gasteiger partial charge in [-0.3, -0.25) is 4.98 Å². The number of nitrogens with zero attached hydrogens (tertiary/aromatic N) is 1. The molecule has 1 aromatic carbocycles. The Hall–Kier alpha value is -1.48. The van der Waals surface area contributed by atoms with Crippen molar-refractivity contribution >= 4 is 11.8 Å². The first-order chi connectivity index (χ1) is 7.90. The average molecular weight is 230 g/mol. The fraction of sp³-hybridized carbons (Fsp3) is 0.154. The summed E-state index contributed by atoms with van der Waals surface area (Å²) in [5.74, 6) is 0.770. The molecule has 1 aromatic heterocycles. The summed E-state index contributed by atoms with van der Waals surface area (Å²) in [7, 11) is 0. The van der Waals surface area contributed by atoms with Gasteiger partial charge in [0.05, 0.1) is 0 Å². The van der Waals surface area contributed by atoms with Crippen molar-refractivity contribution in [2.24, 2.45) is 0 Å². The maximum Gasteiger partial charge on any atom is 0.127 e. The minimum Gasteiger partial charge on any atom is -0.488 e. The van der Waals surface area contributed by atoms with E-state index in [1.165, 1.54) is 0 Å². The molecule has 0 saturated carbocycles. The lowest BCUT2D eigenvalue weighted by Gasteiger charge is -2.08. The number of thioether (sulfide) groups is 1.